The van der Waals surface area contributed by atoms with Gasteiger partial charge in [-0.25, -0.2) is 4.98 Å². The first-order chi connectivity index (χ1) is 9.61. The fourth-order valence-corrected chi connectivity index (χ4v) is 3.25. The number of nitrogens with zero attached hydrogens (tertiary/aromatic N) is 1. The second kappa shape index (κ2) is 5.31. The summed E-state index contributed by atoms with van der Waals surface area (Å²) >= 11 is 7.62. The van der Waals surface area contributed by atoms with Crippen LogP contribution >= 0.6 is 22.9 Å². The lowest BCUT2D eigenvalue weighted by molar-refractivity contribution is 0.883. The molecule has 0 amide bonds. The number of anilines is 2. The van der Waals surface area contributed by atoms with Gasteiger partial charge in [-0.2, -0.15) is 0 Å². The summed E-state index contributed by atoms with van der Waals surface area (Å²) in [4.78, 5) is 4.56. The van der Waals surface area contributed by atoms with Crippen LogP contribution in [-0.4, -0.2) is 4.98 Å². The number of nitrogen functional groups attached to an aromatic ring is 1. The Morgan fingerprint density at radius 1 is 1.25 bits per heavy atom. The number of benzene rings is 2. The number of nitrogens with two attached hydrogens (primary N) is 1. The van der Waals surface area contributed by atoms with Gasteiger partial charge in [0.15, 0.2) is 5.13 Å². The summed E-state index contributed by atoms with van der Waals surface area (Å²) in [6, 6.07) is 13.7. The van der Waals surface area contributed by atoms with Crippen molar-refractivity contribution in [1.82, 2.24) is 4.98 Å². The topological polar surface area (TPSA) is 50.9 Å². The summed E-state index contributed by atoms with van der Waals surface area (Å²) in [6.45, 7) is 2.09. The van der Waals surface area contributed by atoms with Crippen LogP contribution in [0.2, 0.25) is 5.02 Å². The third kappa shape index (κ3) is 2.71. The molecule has 0 saturated carbocycles. The largest absolute Gasteiger partial charge is 0.399 e. The first kappa shape index (κ1) is 13.2. The molecule has 0 bridgehead atoms. The molecule has 1 aromatic heterocycles. The van der Waals surface area contributed by atoms with Gasteiger partial charge in [0.05, 0.1) is 16.3 Å². The number of rotatable bonds is 3. The number of halogens is 1. The zero-order valence-corrected chi connectivity index (χ0v) is 12.5. The van der Waals surface area contributed by atoms with Crippen molar-refractivity contribution in [3.05, 3.63) is 53.1 Å². The molecule has 3 rings (SSSR count). The Hall–Kier alpha value is -1.78. The molecular formula is C15H14ClN3S. The van der Waals surface area contributed by atoms with Crippen molar-refractivity contribution in [2.45, 2.75) is 13.0 Å². The van der Waals surface area contributed by atoms with Crippen LogP contribution in [0.25, 0.3) is 10.2 Å². The molecule has 3 nitrogen and oxygen atoms in total. The lowest BCUT2D eigenvalue weighted by atomic mass is 10.1. The van der Waals surface area contributed by atoms with E-state index in [1.165, 1.54) is 0 Å². The summed E-state index contributed by atoms with van der Waals surface area (Å²) < 4.78 is 1.09. The van der Waals surface area contributed by atoms with Crippen molar-refractivity contribution >= 4 is 44.0 Å². The second-order valence-corrected chi connectivity index (χ2v) is 6.13. The lowest BCUT2D eigenvalue weighted by Crippen LogP contribution is -2.05. The molecular weight excluding hydrogens is 290 g/mol. The lowest BCUT2D eigenvalue weighted by Gasteiger charge is -2.13. The second-order valence-electron chi connectivity index (χ2n) is 4.67. The van der Waals surface area contributed by atoms with Crippen LogP contribution in [0.3, 0.4) is 0 Å². The van der Waals surface area contributed by atoms with Crippen molar-refractivity contribution < 1.29 is 0 Å². The minimum absolute atomic E-state index is 0.145. The predicted molar refractivity (Wildman–Crippen MR) is 87.5 cm³/mol. The molecule has 3 aromatic rings. The summed E-state index contributed by atoms with van der Waals surface area (Å²) in [6.07, 6.45) is 0. The quantitative estimate of drug-likeness (QED) is 0.689. The molecule has 0 aliphatic carbocycles. The Labute approximate surface area is 126 Å². The van der Waals surface area contributed by atoms with E-state index in [-0.39, 0.29) is 6.04 Å². The van der Waals surface area contributed by atoms with Gasteiger partial charge >= 0.3 is 0 Å². The number of aromatic nitrogens is 1. The van der Waals surface area contributed by atoms with E-state index >= 15 is 0 Å². The number of nitrogens with one attached hydrogen (secondary N) is 1. The molecule has 0 aliphatic rings. The summed E-state index contributed by atoms with van der Waals surface area (Å²) in [5, 5.41) is 5.03. The Morgan fingerprint density at radius 3 is 2.90 bits per heavy atom. The summed E-state index contributed by atoms with van der Waals surface area (Å²) in [5.74, 6) is 0. The van der Waals surface area contributed by atoms with Crippen LogP contribution in [0, 0.1) is 0 Å². The molecule has 0 fully saturated rings. The van der Waals surface area contributed by atoms with Gasteiger partial charge in [-0.15, -0.1) is 0 Å². The maximum Gasteiger partial charge on any atom is 0.184 e. The molecule has 20 heavy (non-hydrogen) atoms. The number of hydrogen-bond donors (Lipinski definition) is 2. The van der Waals surface area contributed by atoms with Crippen LogP contribution in [0.1, 0.15) is 18.5 Å². The Morgan fingerprint density at radius 2 is 2.10 bits per heavy atom. The third-order valence-corrected chi connectivity index (χ3v) is 4.29. The first-order valence-corrected chi connectivity index (χ1v) is 7.49. The molecule has 1 atom stereocenters. The van der Waals surface area contributed by atoms with Gasteiger partial charge in [-0.3, -0.25) is 0 Å². The molecule has 0 aliphatic heterocycles. The summed E-state index contributed by atoms with van der Waals surface area (Å²) in [7, 11) is 0. The molecule has 5 heteroatoms. The van der Waals surface area contributed by atoms with E-state index in [0.29, 0.717) is 0 Å². The minimum atomic E-state index is 0.145. The van der Waals surface area contributed by atoms with Crippen molar-refractivity contribution in [3.63, 3.8) is 0 Å². The SMILES string of the molecule is CC(Nc1nc2ccc(N)cc2s1)c1cccc(Cl)c1. The van der Waals surface area contributed by atoms with Crippen molar-refractivity contribution in [2.75, 3.05) is 11.1 Å². The zero-order valence-electron chi connectivity index (χ0n) is 10.9. The Kier molecular flexibility index (Phi) is 3.51. The highest BCUT2D eigenvalue weighted by atomic mass is 35.5. The summed E-state index contributed by atoms with van der Waals surface area (Å²) in [5.41, 5.74) is 8.64. The van der Waals surface area contributed by atoms with E-state index in [1.807, 2.05) is 36.4 Å². The van der Waals surface area contributed by atoms with Gasteiger partial charge in [0.2, 0.25) is 0 Å². The highest BCUT2D eigenvalue weighted by molar-refractivity contribution is 7.22. The third-order valence-electron chi connectivity index (χ3n) is 3.10. The highest BCUT2D eigenvalue weighted by Crippen LogP contribution is 2.30. The maximum atomic E-state index is 6.02. The van der Waals surface area contributed by atoms with E-state index in [0.717, 1.165) is 31.6 Å². The normalized spacial score (nSPS) is 12.5. The van der Waals surface area contributed by atoms with E-state index in [9.17, 15) is 0 Å². The fraction of sp³-hybridized carbons (Fsp3) is 0.133. The standard InChI is InChI=1S/C15H14ClN3S/c1-9(10-3-2-4-11(16)7-10)18-15-19-13-6-5-12(17)8-14(13)20-15/h2-9H,17H2,1H3,(H,18,19). The molecule has 3 N–H and O–H groups in total. The minimum Gasteiger partial charge on any atom is -0.399 e. The van der Waals surface area contributed by atoms with Crippen molar-refractivity contribution in [2.24, 2.45) is 0 Å². The predicted octanol–water partition coefficient (Wildman–Crippen LogP) is 4.71. The van der Waals surface area contributed by atoms with Crippen molar-refractivity contribution in [1.29, 1.82) is 0 Å². The van der Waals surface area contributed by atoms with E-state index in [1.54, 1.807) is 11.3 Å². The Balaban J connectivity index is 1.85. The van der Waals surface area contributed by atoms with Gasteiger partial charge in [0, 0.05) is 10.7 Å². The van der Waals surface area contributed by atoms with E-state index < -0.39 is 0 Å². The molecule has 0 saturated heterocycles. The van der Waals surface area contributed by atoms with Crippen LogP contribution < -0.4 is 11.1 Å². The molecule has 2 aromatic carbocycles. The zero-order chi connectivity index (χ0) is 14.1. The number of hydrogen-bond acceptors (Lipinski definition) is 4. The average molecular weight is 304 g/mol. The van der Waals surface area contributed by atoms with E-state index in [4.69, 9.17) is 17.3 Å². The van der Waals surface area contributed by atoms with Gasteiger partial charge in [0.25, 0.3) is 0 Å². The maximum absolute atomic E-state index is 6.02. The van der Waals surface area contributed by atoms with Crippen LogP contribution in [0.15, 0.2) is 42.5 Å². The van der Waals surface area contributed by atoms with Crippen LogP contribution in [0.4, 0.5) is 10.8 Å². The fourth-order valence-electron chi connectivity index (χ4n) is 2.05. The first-order valence-electron chi connectivity index (χ1n) is 6.30. The Bertz CT molecular complexity index is 754. The van der Waals surface area contributed by atoms with Crippen LogP contribution in [-0.2, 0) is 0 Å². The molecule has 0 radical (unpaired) electrons. The molecule has 1 unspecified atom stereocenters. The molecule has 0 spiro atoms. The highest BCUT2D eigenvalue weighted by Gasteiger charge is 2.09. The number of thiazole rings is 1. The van der Waals surface area contributed by atoms with Gasteiger partial charge in [0.1, 0.15) is 0 Å². The molecule has 102 valence electrons. The number of fused-ring (bicyclic) bond motifs is 1. The van der Waals surface area contributed by atoms with Gasteiger partial charge in [-0.05, 0) is 42.8 Å². The van der Waals surface area contributed by atoms with Gasteiger partial charge < -0.3 is 11.1 Å². The van der Waals surface area contributed by atoms with Gasteiger partial charge in [-0.1, -0.05) is 35.1 Å². The smallest absolute Gasteiger partial charge is 0.184 e. The average Bonchev–Trinajstić information content (AvgIpc) is 2.80. The van der Waals surface area contributed by atoms with Crippen molar-refractivity contribution in [3.8, 4) is 0 Å². The molecule has 1 heterocycles. The monoisotopic (exact) mass is 303 g/mol. The van der Waals surface area contributed by atoms with E-state index in [2.05, 4.69) is 23.3 Å². The van der Waals surface area contributed by atoms with Crippen LogP contribution in [0.5, 0.6) is 0 Å².